The second kappa shape index (κ2) is 5.35. The van der Waals surface area contributed by atoms with Gasteiger partial charge in [-0.1, -0.05) is 19.3 Å². The molecule has 0 radical (unpaired) electrons. The fraction of sp³-hybridized carbons (Fsp3) is 0.909. The Morgan fingerprint density at radius 2 is 1.86 bits per heavy atom. The second-order valence-electron chi connectivity index (χ2n) is 4.48. The molecule has 2 atom stereocenters. The van der Waals surface area contributed by atoms with E-state index in [-0.39, 0.29) is 11.9 Å². The molecule has 1 aliphatic carbocycles. The van der Waals surface area contributed by atoms with E-state index in [0.29, 0.717) is 6.04 Å². The van der Waals surface area contributed by atoms with Crippen LogP contribution in [0.4, 0.5) is 0 Å². The van der Waals surface area contributed by atoms with Crippen molar-refractivity contribution in [3.05, 3.63) is 0 Å². The molecule has 3 N–H and O–H groups in total. The van der Waals surface area contributed by atoms with Crippen molar-refractivity contribution in [2.75, 3.05) is 0 Å². The minimum atomic E-state index is -0.257. The zero-order chi connectivity index (χ0) is 10.6. The van der Waals surface area contributed by atoms with Crippen molar-refractivity contribution in [3.8, 4) is 0 Å². The van der Waals surface area contributed by atoms with Crippen LogP contribution in [0.15, 0.2) is 0 Å². The normalized spacial score (nSPS) is 23.0. The van der Waals surface area contributed by atoms with Crippen molar-refractivity contribution in [3.63, 3.8) is 0 Å². The number of amides is 1. The Kier molecular flexibility index (Phi) is 4.39. The third-order valence-corrected chi connectivity index (χ3v) is 3.30. The van der Waals surface area contributed by atoms with Gasteiger partial charge in [-0.15, -0.1) is 0 Å². The Hall–Kier alpha value is -0.570. The van der Waals surface area contributed by atoms with Crippen molar-refractivity contribution >= 4 is 5.91 Å². The van der Waals surface area contributed by atoms with Gasteiger partial charge in [0.15, 0.2) is 0 Å². The standard InChI is InChI=1S/C11H22N2O/c1-8(13-9(2)11(12)14)10-6-4-3-5-7-10/h8-10,13H,3-7H2,1-2H3,(H2,12,14)/t8-,9?/m1/s1. The molecular formula is C11H22N2O. The Morgan fingerprint density at radius 3 is 2.36 bits per heavy atom. The van der Waals surface area contributed by atoms with Gasteiger partial charge in [0, 0.05) is 6.04 Å². The lowest BCUT2D eigenvalue weighted by Gasteiger charge is -2.29. The van der Waals surface area contributed by atoms with Crippen molar-refractivity contribution in [2.45, 2.75) is 58.0 Å². The SMILES string of the molecule is CC(N[C@H](C)C1CCCCC1)C(N)=O. The van der Waals surface area contributed by atoms with Gasteiger partial charge in [0.2, 0.25) is 5.91 Å². The number of carbonyl (C=O) groups is 1. The number of nitrogens with two attached hydrogens (primary N) is 1. The monoisotopic (exact) mass is 198 g/mol. The van der Waals surface area contributed by atoms with Crippen LogP contribution >= 0.6 is 0 Å². The molecule has 0 spiro atoms. The van der Waals surface area contributed by atoms with E-state index in [4.69, 9.17) is 5.73 Å². The third kappa shape index (κ3) is 3.29. The largest absolute Gasteiger partial charge is 0.368 e. The highest BCUT2D eigenvalue weighted by Crippen LogP contribution is 2.26. The summed E-state index contributed by atoms with van der Waals surface area (Å²) in [5.74, 6) is 0.471. The molecule has 0 aromatic rings. The van der Waals surface area contributed by atoms with E-state index >= 15 is 0 Å². The van der Waals surface area contributed by atoms with Crippen molar-refractivity contribution in [1.82, 2.24) is 5.32 Å². The average molecular weight is 198 g/mol. The summed E-state index contributed by atoms with van der Waals surface area (Å²) >= 11 is 0. The van der Waals surface area contributed by atoms with Gasteiger partial charge < -0.3 is 11.1 Å². The number of nitrogens with one attached hydrogen (secondary N) is 1. The Labute approximate surface area is 86.4 Å². The fourth-order valence-corrected chi connectivity index (χ4v) is 2.25. The Balaban J connectivity index is 2.32. The maximum atomic E-state index is 10.9. The van der Waals surface area contributed by atoms with E-state index in [2.05, 4.69) is 12.2 Å². The molecule has 0 bridgehead atoms. The molecular weight excluding hydrogens is 176 g/mol. The van der Waals surface area contributed by atoms with Crippen molar-refractivity contribution < 1.29 is 4.79 Å². The quantitative estimate of drug-likeness (QED) is 0.717. The average Bonchev–Trinajstić information content (AvgIpc) is 2.19. The number of hydrogen-bond donors (Lipinski definition) is 2. The van der Waals surface area contributed by atoms with Crippen LogP contribution in [0, 0.1) is 5.92 Å². The van der Waals surface area contributed by atoms with Gasteiger partial charge in [0.05, 0.1) is 6.04 Å². The minimum Gasteiger partial charge on any atom is -0.368 e. The zero-order valence-electron chi connectivity index (χ0n) is 9.25. The summed E-state index contributed by atoms with van der Waals surface area (Å²) in [5.41, 5.74) is 5.21. The fourth-order valence-electron chi connectivity index (χ4n) is 2.25. The van der Waals surface area contributed by atoms with Gasteiger partial charge in [0.1, 0.15) is 0 Å². The maximum Gasteiger partial charge on any atom is 0.234 e. The first kappa shape index (κ1) is 11.5. The zero-order valence-corrected chi connectivity index (χ0v) is 9.25. The molecule has 0 aromatic carbocycles. The van der Waals surface area contributed by atoms with Crippen LogP contribution in [-0.2, 0) is 4.79 Å². The second-order valence-corrected chi connectivity index (χ2v) is 4.48. The van der Waals surface area contributed by atoms with Gasteiger partial charge in [-0.05, 0) is 32.6 Å². The molecule has 3 nitrogen and oxygen atoms in total. The van der Waals surface area contributed by atoms with Gasteiger partial charge in [-0.25, -0.2) is 0 Å². The lowest BCUT2D eigenvalue weighted by molar-refractivity contribution is -0.119. The topological polar surface area (TPSA) is 55.1 Å². The first-order valence-electron chi connectivity index (χ1n) is 5.66. The van der Waals surface area contributed by atoms with Crippen LogP contribution in [0.25, 0.3) is 0 Å². The molecule has 1 saturated carbocycles. The smallest absolute Gasteiger partial charge is 0.234 e. The van der Waals surface area contributed by atoms with Crippen LogP contribution < -0.4 is 11.1 Å². The van der Waals surface area contributed by atoms with Gasteiger partial charge >= 0.3 is 0 Å². The minimum absolute atomic E-state index is 0.202. The summed E-state index contributed by atoms with van der Waals surface area (Å²) in [5, 5.41) is 3.27. The van der Waals surface area contributed by atoms with E-state index in [1.165, 1.54) is 32.1 Å². The van der Waals surface area contributed by atoms with Crippen LogP contribution in [-0.4, -0.2) is 18.0 Å². The summed E-state index contributed by atoms with van der Waals surface area (Å²) in [4.78, 5) is 10.9. The van der Waals surface area contributed by atoms with Gasteiger partial charge in [-0.3, -0.25) is 4.79 Å². The molecule has 1 fully saturated rings. The first-order chi connectivity index (χ1) is 6.61. The molecule has 0 aliphatic heterocycles. The first-order valence-corrected chi connectivity index (χ1v) is 5.66. The highest BCUT2D eigenvalue weighted by Gasteiger charge is 2.22. The number of rotatable bonds is 4. The molecule has 1 unspecified atom stereocenters. The molecule has 1 rings (SSSR count). The highest BCUT2D eigenvalue weighted by atomic mass is 16.1. The summed E-state index contributed by atoms with van der Waals surface area (Å²) in [6, 6.07) is 0.213. The summed E-state index contributed by atoms with van der Waals surface area (Å²) in [7, 11) is 0. The van der Waals surface area contributed by atoms with Crippen LogP contribution in [0.2, 0.25) is 0 Å². The van der Waals surface area contributed by atoms with Crippen LogP contribution in [0.1, 0.15) is 46.0 Å². The predicted octanol–water partition coefficient (Wildman–Crippen LogP) is 1.42. The van der Waals surface area contributed by atoms with Gasteiger partial charge in [-0.2, -0.15) is 0 Å². The maximum absolute atomic E-state index is 10.9. The summed E-state index contributed by atoms with van der Waals surface area (Å²) in [6.45, 7) is 4.00. The van der Waals surface area contributed by atoms with E-state index < -0.39 is 0 Å². The number of carbonyl (C=O) groups excluding carboxylic acids is 1. The van der Waals surface area contributed by atoms with E-state index in [9.17, 15) is 4.79 Å². The molecule has 0 heterocycles. The molecule has 0 saturated heterocycles. The van der Waals surface area contributed by atoms with E-state index in [1.54, 1.807) is 0 Å². The Bertz CT molecular complexity index is 188. The lowest BCUT2D eigenvalue weighted by Crippen LogP contribution is -2.46. The van der Waals surface area contributed by atoms with Crippen LogP contribution in [0.3, 0.4) is 0 Å². The summed E-state index contributed by atoms with van der Waals surface area (Å²) in [6.07, 6.45) is 6.62. The van der Waals surface area contributed by atoms with Crippen molar-refractivity contribution in [1.29, 1.82) is 0 Å². The third-order valence-electron chi connectivity index (χ3n) is 3.30. The molecule has 14 heavy (non-hydrogen) atoms. The Morgan fingerprint density at radius 1 is 1.29 bits per heavy atom. The van der Waals surface area contributed by atoms with E-state index in [1.807, 2.05) is 6.92 Å². The van der Waals surface area contributed by atoms with Crippen LogP contribution in [0.5, 0.6) is 0 Å². The lowest BCUT2D eigenvalue weighted by atomic mass is 9.84. The highest BCUT2D eigenvalue weighted by molar-refractivity contribution is 5.79. The summed E-state index contributed by atoms with van der Waals surface area (Å²) < 4.78 is 0. The number of primary amides is 1. The van der Waals surface area contributed by atoms with E-state index in [0.717, 1.165) is 5.92 Å². The molecule has 1 amide bonds. The molecule has 1 aliphatic rings. The molecule has 3 heteroatoms. The van der Waals surface area contributed by atoms with Crippen molar-refractivity contribution in [2.24, 2.45) is 11.7 Å². The molecule has 0 aromatic heterocycles. The van der Waals surface area contributed by atoms with Gasteiger partial charge in [0.25, 0.3) is 0 Å². The predicted molar refractivity (Wildman–Crippen MR) is 57.8 cm³/mol. The molecule has 82 valence electrons. The number of hydrogen-bond acceptors (Lipinski definition) is 2.